The average molecular weight is 290 g/mol. The summed E-state index contributed by atoms with van der Waals surface area (Å²) in [4.78, 5) is 31.5. The lowest BCUT2D eigenvalue weighted by Crippen LogP contribution is -2.41. The zero-order valence-electron chi connectivity index (χ0n) is 11.1. The van der Waals surface area contributed by atoms with Gasteiger partial charge in [0, 0.05) is 7.05 Å². The molecule has 0 bridgehead atoms. The number of imide groups is 1. The van der Waals surface area contributed by atoms with Gasteiger partial charge in [0.25, 0.3) is 0 Å². The van der Waals surface area contributed by atoms with Gasteiger partial charge in [-0.05, 0) is 19.1 Å². The summed E-state index contributed by atoms with van der Waals surface area (Å²) in [6.45, 7) is 1.71. The Morgan fingerprint density at radius 2 is 1.95 bits per heavy atom. The summed E-state index contributed by atoms with van der Waals surface area (Å²) in [6, 6.07) is 6.99. The summed E-state index contributed by atoms with van der Waals surface area (Å²) in [6.07, 6.45) is 1.62. The number of benzene rings is 1. The molecule has 0 saturated carbocycles. The normalized spacial score (nSPS) is 11.9. The van der Waals surface area contributed by atoms with Crippen molar-refractivity contribution in [2.75, 3.05) is 7.05 Å². The van der Waals surface area contributed by atoms with Crippen LogP contribution in [-0.2, 0) is 4.79 Å². The number of nitrogens with zero attached hydrogens (tertiary/aromatic N) is 2. The Labute approximate surface area is 120 Å². The summed E-state index contributed by atoms with van der Waals surface area (Å²) in [5.74, 6) is -0.371. The summed E-state index contributed by atoms with van der Waals surface area (Å²) in [7, 11) is 1.45. The highest BCUT2D eigenvalue weighted by Gasteiger charge is 2.17. The molecule has 0 aliphatic rings. The van der Waals surface area contributed by atoms with Gasteiger partial charge in [0.1, 0.15) is 5.03 Å². The molecule has 0 radical (unpaired) electrons. The van der Waals surface area contributed by atoms with E-state index in [1.54, 1.807) is 13.1 Å². The first kappa shape index (κ1) is 14.3. The molecule has 7 heteroatoms. The van der Waals surface area contributed by atoms with Gasteiger partial charge in [-0.1, -0.05) is 23.9 Å². The first-order valence-electron chi connectivity index (χ1n) is 6.01. The highest BCUT2D eigenvalue weighted by atomic mass is 32.2. The van der Waals surface area contributed by atoms with E-state index >= 15 is 0 Å². The van der Waals surface area contributed by atoms with E-state index in [1.807, 2.05) is 24.3 Å². The van der Waals surface area contributed by atoms with Crippen molar-refractivity contribution >= 4 is 34.7 Å². The van der Waals surface area contributed by atoms with Gasteiger partial charge in [-0.3, -0.25) is 15.1 Å². The summed E-state index contributed by atoms with van der Waals surface area (Å²) >= 11 is 1.25. The van der Waals surface area contributed by atoms with Crippen LogP contribution in [0.15, 0.2) is 35.5 Å². The topological polar surface area (TPSA) is 84.0 Å². The Morgan fingerprint density at radius 1 is 1.25 bits per heavy atom. The van der Waals surface area contributed by atoms with Crippen LogP contribution < -0.4 is 10.6 Å². The van der Waals surface area contributed by atoms with Gasteiger partial charge >= 0.3 is 6.03 Å². The Hall–Kier alpha value is -2.15. The van der Waals surface area contributed by atoms with Crippen LogP contribution >= 0.6 is 11.8 Å². The molecular formula is C13H14N4O2S. The molecule has 20 heavy (non-hydrogen) atoms. The van der Waals surface area contributed by atoms with Crippen molar-refractivity contribution < 1.29 is 9.59 Å². The Balaban J connectivity index is 2.07. The van der Waals surface area contributed by atoms with E-state index < -0.39 is 11.3 Å². The zero-order valence-corrected chi connectivity index (χ0v) is 11.9. The lowest BCUT2D eigenvalue weighted by Gasteiger charge is -2.10. The lowest BCUT2D eigenvalue weighted by molar-refractivity contribution is -0.119. The van der Waals surface area contributed by atoms with E-state index in [2.05, 4.69) is 20.6 Å². The molecule has 1 aromatic carbocycles. The molecule has 0 fully saturated rings. The number of hydrogen-bond donors (Lipinski definition) is 2. The molecule has 0 aliphatic carbocycles. The Bertz CT molecular complexity index is 647. The van der Waals surface area contributed by atoms with Crippen LogP contribution in [-0.4, -0.2) is 34.2 Å². The van der Waals surface area contributed by atoms with E-state index in [9.17, 15) is 9.59 Å². The number of aromatic nitrogens is 2. The van der Waals surface area contributed by atoms with E-state index in [-0.39, 0.29) is 5.91 Å². The van der Waals surface area contributed by atoms with Crippen molar-refractivity contribution in [3.63, 3.8) is 0 Å². The largest absolute Gasteiger partial charge is 0.341 e. The molecule has 2 rings (SSSR count). The molecule has 0 spiro atoms. The van der Waals surface area contributed by atoms with Crippen molar-refractivity contribution in [3.8, 4) is 0 Å². The first-order valence-corrected chi connectivity index (χ1v) is 6.89. The van der Waals surface area contributed by atoms with Crippen molar-refractivity contribution in [1.82, 2.24) is 20.6 Å². The minimum absolute atomic E-state index is 0.371. The van der Waals surface area contributed by atoms with Gasteiger partial charge in [0.05, 0.1) is 22.5 Å². The second-order valence-corrected chi connectivity index (χ2v) is 5.39. The first-order chi connectivity index (χ1) is 9.60. The third kappa shape index (κ3) is 3.45. The van der Waals surface area contributed by atoms with Gasteiger partial charge < -0.3 is 5.32 Å². The van der Waals surface area contributed by atoms with Crippen LogP contribution in [0, 0.1) is 0 Å². The number of carbonyl (C=O) groups is 2. The fourth-order valence-electron chi connectivity index (χ4n) is 1.51. The quantitative estimate of drug-likeness (QED) is 0.838. The monoisotopic (exact) mass is 290 g/mol. The van der Waals surface area contributed by atoms with Gasteiger partial charge in [0.2, 0.25) is 5.91 Å². The predicted molar refractivity (Wildman–Crippen MR) is 77.5 cm³/mol. The maximum atomic E-state index is 11.7. The minimum atomic E-state index is -0.521. The van der Waals surface area contributed by atoms with Crippen molar-refractivity contribution in [1.29, 1.82) is 0 Å². The fraction of sp³-hybridized carbons (Fsp3) is 0.231. The Kier molecular flexibility index (Phi) is 4.52. The van der Waals surface area contributed by atoms with E-state index in [1.165, 1.54) is 18.8 Å². The maximum absolute atomic E-state index is 11.7. The molecule has 104 valence electrons. The minimum Gasteiger partial charge on any atom is -0.341 e. The van der Waals surface area contributed by atoms with E-state index in [0.29, 0.717) is 5.03 Å². The number of amides is 3. The van der Waals surface area contributed by atoms with Crippen molar-refractivity contribution in [2.45, 2.75) is 17.2 Å². The number of carbonyl (C=O) groups excluding carboxylic acids is 2. The van der Waals surface area contributed by atoms with Gasteiger partial charge in [-0.2, -0.15) is 0 Å². The Morgan fingerprint density at radius 3 is 2.65 bits per heavy atom. The highest BCUT2D eigenvalue weighted by Crippen LogP contribution is 2.22. The molecule has 3 amide bonds. The standard InChI is InChI=1S/C13H14N4O2S/c1-8(12(18)17-13(19)14-2)20-11-7-15-9-5-3-4-6-10(9)16-11/h3-8H,1-2H3,(H2,14,17,18,19). The maximum Gasteiger partial charge on any atom is 0.321 e. The van der Waals surface area contributed by atoms with Crippen LogP contribution in [0.1, 0.15) is 6.92 Å². The smallest absolute Gasteiger partial charge is 0.321 e. The van der Waals surface area contributed by atoms with Gasteiger partial charge in [-0.25, -0.2) is 9.78 Å². The summed E-state index contributed by atoms with van der Waals surface area (Å²) in [5, 5.41) is 4.76. The van der Waals surface area contributed by atoms with Crippen LogP contribution in [0.3, 0.4) is 0 Å². The number of fused-ring (bicyclic) bond motifs is 1. The highest BCUT2D eigenvalue weighted by molar-refractivity contribution is 8.00. The molecule has 0 saturated heterocycles. The third-order valence-corrected chi connectivity index (χ3v) is 3.56. The molecule has 2 N–H and O–H groups in total. The second kappa shape index (κ2) is 6.33. The fourth-order valence-corrected chi connectivity index (χ4v) is 2.30. The van der Waals surface area contributed by atoms with Gasteiger partial charge in [-0.15, -0.1) is 0 Å². The zero-order chi connectivity index (χ0) is 14.5. The molecule has 2 aromatic rings. The number of hydrogen-bond acceptors (Lipinski definition) is 5. The molecule has 6 nitrogen and oxygen atoms in total. The molecule has 1 atom stereocenters. The van der Waals surface area contributed by atoms with E-state index in [4.69, 9.17) is 0 Å². The summed E-state index contributed by atoms with van der Waals surface area (Å²) in [5.41, 5.74) is 1.58. The van der Waals surface area contributed by atoms with Crippen molar-refractivity contribution in [2.24, 2.45) is 0 Å². The second-order valence-electron chi connectivity index (χ2n) is 4.03. The summed E-state index contributed by atoms with van der Waals surface area (Å²) < 4.78 is 0. The van der Waals surface area contributed by atoms with Crippen molar-refractivity contribution in [3.05, 3.63) is 30.5 Å². The molecule has 1 aromatic heterocycles. The third-order valence-electron chi connectivity index (χ3n) is 2.56. The van der Waals surface area contributed by atoms with Gasteiger partial charge in [0.15, 0.2) is 0 Å². The van der Waals surface area contributed by atoms with Crippen LogP contribution in [0.5, 0.6) is 0 Å². The molecule has 1 unspecified atom stereocenters. The predicted octanol–water partition coefficient (Wildman–Crippen LogP) is 1.57. The number of thioether (sulfide) groups is 1. The SMILES string of the molecule is CNC(=O)NC(=O)C(C)Sc1cnc2ccccc2n1. The van der Waals surface area contributed by atoms with E-state index in [0.717, 1.165) is 11.0 Å². The molecule has 0 aliphatic heterocycles. The number of para-hydroxylation sites is 2. The number of rotatable bonds is 3. The number of nitrogens with one attached hydrogen (secondary N) is 2. The van der Waals surface area contributed by atoms with Crippen LogP contribution in [0.4, 0.5) is 4.79 Å². The molecular weight excluding hydrogens is 276 g/mol. The van der Waals surface area contributed by atoms with Crippen LogP contribution in [0.25, 0.3) is 11.0 Å². The van der Waals surface area contributed by atoms with Crippen LogP contribution in [0.2, 0.25) is 0 Å². The number of urea groups is 1. The average Bonchev–Trinajstić information content (AvgIpc) is 2.46. The lowest BCUT2D eigenvalue weighted by atomic mass is 10.3. The molecule has 1 heterocycles.